The second-order valence-electron chi connectivity index (χ2n) is 7.25. The van der Waals surface area contributed by atoms with Gasteiger partial charge in [0.25, 0.3) is 0 Å². The normalized spacial score (nSPS) is 16.2. The van der Waals surface area contributed by atoms with E-state index < -0.39 is 0 Å². The highest BCUT2D eigenvalue weighted by Gasteiger charge is 2.22. The van der Waals surface area contributed by atoms with Gasteiger partial charge in [0, 0.05) is 29.3 Å². The Morgan fingerprint density at radius 2 is 1.62 bits per heavy atom. The molecule has 2 aromatic carbocycles. The molecule has 2 aromatic rings. The summed E-state index contributed by atoms with van der Waals surface area (Å²) in [7, 11) is 0. The summed E-state index contributed by atoms with van der Waals surface area (Å²) in [5, 5.41) is 3.14. The van der Waals surface area contributed by atoms with Gasteiger partial charge in [-0.3, -0.25) is 4.79 Å². The average Bonchev–Trinajstić information content (AvgIpc) is 3.19. The number of rotatable bonds is 6. The molecule has 0 spiro atoms. The first-order valence-electron chi connectivity index (χ1n) is 9.71. The number of para-hydroxylation sites is 2. The molecular weight excluding hydrogens is 340 g/mol. The third-order valence-corrected chi connectivity index (χ3v) is 6.51. The van der Waals surface area contributed by atoms with Crippen molar-refractivity contribution in [1.82, 2.24) is 5.32 Å². The summed E-state index contributed by atoms with van der Waals surface area (Å²) in [6, 6.07) is 17.1. The maximum atomic E-state index is 12.2. The maximum absolute atomic E-state index is 12.2. The van der Waals surface area contributed by atoms with Gasteiger partial charge in [-0.05, 0) is 49.4 Å². The molecule has 3 nitrogen and oxygen atoms in total. The zero-order valence-corrected chi connectivity index (χ0v) is 15.9. The lowest BCUT2D eigenvalue weighted by Gasteiger charge is -2.32. The van der Waals surface area contributed by atoms with Crippen molar-refractivity contribution in [1.29, 1.82) is 0 Å². The molecule has 0 aromatic heterocycles. The molecule has 1 aliphatic carbocycles. The molecule has 136 valence electrons. The lowest BCUT2D eigenvalue weighted by Crippen LogP contribution is -2.29. The number of hydrogen-bond acceptors (Lipinski definition) is 3. The van der Waals surface area contributed by atoms with Gasteiger partial charge in [0.15, 0.2) is 0 Å². The lowest BCUT2D eigenvalue weighted by molar-refractivity contribution is -0.121. The van der Waals surface area contributed by atoms with E-state index in [9.17, 15) is 4.79 Å². The maximum Gasteiger partial charge on any atom is 0.220 e. The second-order valence-corrected chi connectivity index (χ2v) is 8.33. The van der Waals surface area contributed by atoms with Gasteiger partial charge in [-0.2, -0.15) is 0 Å². The van der Waals surface area contributed by atoms with Gasteiger partial charge >= 0.3 is 0 Å². The smallest absolute Gasteiger partial charge is 0.220 e. The number of benzene rings is 2. The van der Waals surface area contributed by atoms with Crippen LogP contribution in [-0.4, -0.2) is 19.0 Å². The number of carbonyl (C=O) groups is 1. The molecule has 1 fully saturated rings. The monoisotopic (exact) mass is 366 g/mol. The van der Waals surface area contributed by atoms with Crippen LogP contribution in [0.1, 0.15) is 38.5 Å². The summed E-state index contributed by atoms with van der Waals surface area (Å²) >= 11 is 1.83. The molecule has 26 heavy (non-hydrogen) atoms. The molecule has 4 rings (SSSR count). The average molecular weight is 367 g/mol. The van der Waals surface area contributed by atoms with E-state index in [2.05, 4.69) is 58.7 Å². The predicted molar refractivity (Wildman–Crippen MR) is 108 cm³/mol. The minimum Gasteiger partial charge on any atom is -0.356 e. The number of nitrogens with one attached hydrogen (secondary N) is 1. The van der Waals surface area contributed by atoms with E-state index in [1.54, 1.807) is 0 Å². The number of anilines is 2. The molecule has 1 amide bonds. The number of nitrogens with zero attached hydrogens (tertiary/aromatic N) is 1. The predicted octanol–water partition coefficient (Wildman–Crippen LogP) is 5.38. The van der Waals surface area contributed by atoms with Crippen molar-refractivity contribution < 1.29 is 4.79 Å². The van der Waals surface area contributed by atoms with Crippen LogP contribution in [-0.2, 0) is 4.79 Å². The fourth-order valence-electron chi connectivity index (χ4n) is 3.98. The Bertz CT molecular complexity index is 725. The van der Waals surface area contributed by atoms with E-state index in [0.717, 1.165) is 19.5 Å². The van der Waals surface area contributed by atoms with Crippen LogP contribution in [0.2, 0.25) is 0 Å². The van der Waals surface area contributed by atoms with Gasteiger partial charge in [-0.25, -0.2) is 0 Å². The Labute approximate surface area is 160 Å². The van der Waals surface area contributed by atoms with Crippen LogP contribution in [0, 0.1) is 5.92 Å². The standard InChI is InChI=1S/C22H26N2OS/c25-22(23-16-17-8-1-2-9-17)14-7-15-24-18-10-3-5-12-20(18)26-21-13-6-4-11-19(21)24/h3-6,10-13,17H,1-2,7-9,14-16H2,(H,23,25). The third kappa shape index (κ3) is 3.90. The van der Waals surface area contributed by atoms with E-state index in [1.165, 1.54) is 46.8 Å². The van der Waals surface area contributed by atoms with Gasteiger partial charge in [-0.15, -0.1) is 0 Å². The van der Waals surface area contributed by atoms with Crippen molar-refractivity contribution in [3.05, 3.63) is 48.5 Å². The van der Waals surface area contributed by atoms with E-state index >= 15 is 0 Å². The first-order valence-corrected chi connectivity index (χ1v) is 10.5. The minimum absolute atomic E-state index is 0.199. The Balaban J connectivity index is 1.36. The lowest BCUT2D eigenvalue weighted by atomic mass is 10.1. The molecule has 2 aliphatic rings. The van der Waals surface area contributed by atoms with Crippen LogP contribution < -0.4 is 10.2 Å². The van der Waals surface area contributed by atoms with Crippen molar-refractivity contribution in [3.8, 4) is 0 Å². The Morgan fingerprint density at radius 3 is 2.27 bits per heavy atom. The van der Waals surface area contributed by atoms with E-state index in [0.29, 0.717) is 12.3 Å². The summed E-state index contributed by atoms with van der Waals surface area (Å²) < 4.78 is 0. The number of fused-ring (bicyclic) bond motifs is 2. The fourth-order valence-corrected chi connectivity index (χ4v) is 5.08. The van der Waals surface area contributed by atoms with Gasteiger partial charge < -0.3 is 10.2 Å². The Kier molecular flexibility index (Phi) is 5.49. The molecule has 0 saturated heterocycles. The number of hydrogen-bond donors (Lipinski definition) is 1. The Hall–Kier alpha value is -1.94. The van der Waals surface area contributed by atoms with E-state index in [1.807, 2.05) is 11.8 Å². The molecule has 0 unspecified atom stereocenters. The summed E-state index contributed by atoms with van der Waals surface area (Å²) in [6.07, 6.45) is 6.67. The summed E-state index contributed by atoms with van der Waals surface area (Å²) in [5.74, 6) is 0.904. The Morgan fingerprint density at radius 1 is 1.00 bits per heavy atom. The molecule has 0 atom stereocenters. The first-order chi connectivity index (χ1) is 12.8. The van der Waals surface area contributed by atoms with Crippen molar-refractivity contribution in [2.24, 2.45) is 5.92 Å². The molecular formula is C22H26N2OS. The molecule has 1 saturated carbocycles. The highest BCUT2D eigenvalue weighted by atomic mass is 32.2. The van der Waals surface area contributed by atoms with Gasteiger partial charge in [0.2, 0.25) is 5.91 Å². The van der Waals surface area contributed by atoms with Gasteiger partial charge in [0.1, 0.15) is 0 Å². The zero-order chi connectivity index (χ0) is 17.8. The topological polar surface area (TPSA) is 32.3 Å². The van der Waals surface area contributed by atoms with Gasteiger partial charge in [0.05, 0.1) is 11.4 Å². The highest BCUT2D eigenvalue weighted by Crippen LogP contribution is 2.47. The molecule has 1 N–H and O–H groups in total. The zero-order valence-electron chi connectivity index (χ0n) is 15.1. The summed E-state index contributed by atoms with van der Waals surface area (Å²) in [5.41, 5.74) is 2.50. The summed E-state index contributed by atoms with van der Waals surface area (Å²) in [4.78, 5) is 17.1. The van der Waals surface area contributed by atoms with Crippen molar-refractivity contribution in [3.63, 3.8) is 0 Å². The second kappa shape index (κ2) is 8.17. The number of carbonyl (C=O) groups excluding carboxylic acids is 1. The highest BCUT2D eigenvalue weighted by molar-refractivity contribution is 7.99. The van der Waals surface area contributed by atoms with Crippen molar-refractivity contribution >= 4 is 29.0 Å². The molecule has 1 aliphatic heterocycles. The van der Waals surface area contributed by atoms with Gasteiger partial charge in [-0.1, -0.05) is 48.9 Å². The van der Waals surface area contributed by atoms with Crippen molar-refractivity contribution in [2.45, 2.75) is 48.3 Å². The van der Waals surface area contributed by atoms with E-state index in [4.69, 9.17) is 0 Å². The SMILES string of the molecule is O=C(CCCN1c2ccccc2Sc2ccccc21)NCC1CCCC1. The molecule has 4 heteroatoms. The van der Waals surface area contributed by atoms with Crippen LogP contribution in [0.3, 0.4) is 0 Å². The quantitative estimate of drug-likeness (QED) is 0.745. The minimum atomic E-state index is 0.199. The van der Waals surface area contributed by atoms with E-state index in [-0.39, 0.29) is 5.91 Å². The van der Waals surface area contributed by atoms with Crippen LogP contribution >= 0.6 is 11.8 Å². The fraction of sp³-hybridized carbons (Fsp3) is 0.409. The van der Waals surface area contributed by atoms with Crippen LogP contribution in [0.25, 0.3) is 0 Å². The van der Waals surface area contributed by atoms with Crippen molar-refractivity contribution in [2.75, 3.05) is 18.0 Å². The largest absolute Gasteiger partial charge is 0.356 e. The molecule has 0 radical (unpaired) electrons. The molecule has 0 bridgehead atoms. The van der Waals surface area contributed by atoms with Crippen LogP contribution in [0.15, 0.2) is 58.3 Å². The summed E-state index contributed by atoms with van der Waals surface area (Å²) in [6.45, 7) is 1.73. The van der Waals surface area contributed by atoms with Crippen LogP contribution in [0.4, 0.5) is 11.4 Å². The molecule has 1 heterocycles. The third-order valence-electron chi connectivity index (χ3n) is 5.38. The first kappa shape index (κ1) is 17.5. The van der Waals surface area contributed by atoms with Crippen LogP contribution in [0.5, 0.6) is 0 Å². The number of amides is 1.